The average Bonchev–Trinajstić information content (AvgIpc) is 3.24. The van der Waals surface area contributed by atoms with Crippen LogP contribution >= 0.6 is 0 Å². The minimum Gasteiger partial charge on any atom is -0.352 e. The summed E-state index contributed by atoms with van der Waals surface area (Å²) in [4.78, 5) is 15.3. The molecule has 1 heterocycles. The summed E-state index contributed by atoms with van der Waals surface area (Å²) in [5, 5.41) is 3.39. The van der Waals surface area contributed by atoms with Crippen molar-refractivity contribution in [2.45, 2.75) is 70.0 Å². The van der Waals surface area contributed by atoms with Crippen LogP contribution in [0, 0.1) is 23.7 Å². The van der Waals surface area contributed by atoms with Crippen LogP contribution in [0.2, 0.25) is 0 Å². The van der Waals surface area contributed by atoms with E-state index in [4.69, 9.17) is 5.73 Å². The van der Waals surface area contributed by atoms with Crippen molar-refractivity contribution in [1.82, 2.24) is 10.2 Å². The van der Waals surface area contributed by atoms with Gasteiger partial charge in [0.15, 0.2) is 0 Å². The Morgan fingerprint density at radius 2 is 1.77 bits per heavy atom. The minimum absolute atomic E-state index is 0.220. The zero-order valence-electron chi connectivity index (χ0n) is 13.8. The van der Waals surface area contributed by atoms with E-state index in [1.165, 1.54) is 32.1 Å². The highest BCUT2D eigenvalue weighted by Crippen LogP contribution is 2.42. The fourth-order valence-corrected chi connectivity index (χ4v) is 5.23. The van der Waals surface area contributed by atoms with Crippen LogP contribution in [0.15, 0.2) is 0 Å². The molecule has 22 heavy (non-hydrogen) atoms. The van der Waals surface area contributed by atoms with Gasteiger partial charge in [-0.3, -0.25) is 9.69 Å². The van der Waals surface area contributed by atoms with Gasteiger partial charge in [0.25, 0.3) is 0 Å². The summed E-state index contributed by atoms with van der Waals surface area (Å²) in [6.45, 7) is 4.52. The maximum atomic E-state index is 12.8. The maximum absolute atomic E-state index is 12.8. The number of carbonyl (C=O) groups is 1. The van der Waals surface area contributed by atoms with Gasteiger partial charge >= 0.3 is 0 Å². The van der Waals surface area contributed by atoms with Gasteiger partial charge in [0.1, 0.15) is 0 Å². The lowest BCUT2D eigenvalue weighted by Crippen LogP contribution is -2.51. The smallest absolute Gasteiger partial charge is 0.223 e. The van der Waals surface area contributed by atoms with Crippen molar-refractivity contribution in [1.29, 1.82) is 0 Å². The van der Waals surface area contributed by atoms with Crippen LogP contribution < -0.4 is 11.1 Å². The molecule has 3 N–H and O–H groups in total. The van der Waals surface area contributed by atoms with Crippen LogP contribution in [0.5, 0.6) is 0 Å². The number of nitrogens with zero attached hydrogens (tertiary/aromatic N) is 1. The van der Waals surface area contributed by atoms with Crippen molar-refractivity contribution >= 4 is 5.91 Å². The molecular formula is C18H31N3O. The van der Waals surface area contributed by atoms with Crippen LogP contribution in [0.25, 0.3) is 0 Å². The van der Waals surface area contributed by atoms with Crippen LogP contribution in [-0.2, 0) is 4.79 Å². The Bertz CT molecular complexity index is 422. The summed E-state index contributed by atoms with van der Waals surface area (Å²) < 4.78 is 0. The van der Waals surface area contributed by atoms with Gasteiger partial charge in [0.05, 0.1) is 0 Å². The summed E-state index contributed by atoms with van der Waals surface area (Å²) in [5.74, 6) is 2.31. The molecule has 1 amide bonds. The molecule has 3 saturated carbocycles. The molecule has 0 spiro atoms. The van der Waals surface area contributed by atoms with Gasteiger partial charge in [-0.1, -0.05) is 13.3 Å². The molecule has 4 nitrogen and oxygen atoms in total. The molecule has 4 fully saturated rings. The molecule has 4 unspecified atom stereocenters. The van der Waals surface area contributed by atoms with E-state index in [0.29, 0.717) is 35.7 Å². The molecule has 2 bridgehead atoms. The number of carbonyl (C=O) groups excluding carboxylic acids is 1. The highest BCUT2D eigenvalue weighted by molar-refractivity contribution is 5.79. The first-order valence-corrected chi connectivity index (χ1v) is 9.42. The molecule has 3 aliphatic carbocycles. The topological polar surface area (TPSA) is 58.4 Å². The zero-order valence-corrected chi connectivity index (χ0v) is 13.8. The first-order valence-electron chi connectivity index (χ1n) is 9.42. The molecule has 0 aromatic rings. The van der Waals surface area contributed by atoms with E-state index < -0.39 is 0 Å². The van der Waals surface area contributed by atoms with Crippen LogP contribution in [0.3, 0.4) is 0 Å². The largest absolute Gasteiger partial charge is 0.352 e. The molecule has 4 heteroatoms. The molecular weight excluding hydrogens is 274 g/mol. The molecule has 4 aliphatic rings. The number of hydrogen-bond acceptors (Lipinski definition) is 3. The van der Waals surface area contributed by atoms with Crippen LogP contribution in [-0.4, -0.2) is 42.0 Å². The summed E-state index contributed by atoms with van der Waals surface area (Å²) >= 11 is 0. The third-order valence-electron chi connectivity index (χ3n) is 6.82. The van der Waals surface area contributed by atoms with Crippen LogP contribution in [0.1, 0.15) is 51.9 Å². The fourth-order valence-electron chi connectivity index (χ4n) is 5.23. The minimum atomic E-state index is 0.220. The highest BCUT2D eigenvalue weighted by atomic mass is 16.2. The molecule has 0 aromatic heterocycles. The Hall–Kier alpha value is -0.610. The molecule has 0 radical (unpaired) electrons. The molecule has 4 rings (SSSR count). The Morgan fingerprint density at radius 1 is 1.09 bits per heavy atom. The predicted octanol–water partition coefficient (Wildman–Crippen LogP) is 1.74. The first kappa shape index (κ1) is 14.9. The van der Waals surface area contributed by atoms with Gasteiger partial charge in [-0.2, -0.15) is 0 Å². The van der Waals surface area contributed by atoms with Crippen LogP contribution in [0.4, 0.5) is 0 Å². The number of rotatable bonds is 3. The number of nitrogens with two attached hydrogens (primary N) is 1. The molecule has 1 saturated heterocycles. The number of hydrogen-bond donors (Lipinski definition) is 2. The van der Waals surface area contributed by atoms with Gasteiger partial charge in [-0.05, 0) is 56.3 Å². The first-order chi connectivity index (χ1) is 10.6. The van der Waals surface area contributed by atoms with Crippen molar-refractivity contribution in [2.75, 3.05) is 13.1 Å². The standard InChI is InChI=1S/C18H31N3O/c1-11-9-21(15-5-6-15)10-16(11)20-18(22)14-7-12-3-2-4-13(8-14)17(12)19/h11-17H,2-10,19H2,1H3,(H,20,22). The normalized spacial score (nSPS) is 45.7. The van der Waals surface area contributed by atoms with E-state index in [-0.39, 0.29) is 5.92 Å². The average molecular weight is 305 g/mol. The third-order valence-corrected chi connectivity index (χ3v) is 6.82. The lowest BCUT2D eigenvalue weighted by molar-refractivity contribution is -0.128. The second-order valence-electron chi connectivity index (χ2n) is 8.47. The lowest BCUT2D eigenvalue weighted by Gasteiger charge is -2.43. The SMILES string of the molecule is CC1CN(C2CC2)CC1NC(=O)C1CC2CCCC(C1)C2N. The summed E-state index contributed by atoms with van der Waals surface area (Å²) in [6, 6.07) is 1.54. The van der Waals surface area contributed by atoms with Crippen molar-refractivity contribution in [3.8, 4) is 0 Å². The second-order valence-corrected chi connectivity index (χ2v) is 8.47. The van der Waals surface area contributed by atoms with Gasteiger partial charge in [-0.15, -0.1) is 0 Å². The summed E-state index contributed by atoms with van der Waals surface area (Å²) in [6.07, 6.45) is 8.54. The molecule has 1 aliphatic heterocycles. The Balaban J connectivity index is 1.34. The van der Waals surface area contributed by atoms with E-state index in [0.717, 1.165) is 32.0 Å². The molecule has 0 aromatic carbocycles. The van der Waals surface area contributed by atoms with E-state index in [9.17, 15) is 4.79 Å². The third kappa shape index (κ3) is 2.80. The lowest BCUT2D eigenvalue weighted by atomic mass is 9.65. The van der Waals surface area contributed by atoms with E-state index in [2.05, 4.69) is 17.1 Å². The van der Waals surface area contributed by atoms with Crippen molar-refractivity contribution in [3.63, 3.8) is 0 Å². The maximum Gasteiger partial charge on any atom is 0.223 e. The fraction of sp³-hybridized carbons (Fsp3) is 0.944. The summed E-state index contributed by atoms with van der Waals surface area (Å²) in [7, 11) is 0. The Labute approximate surface area is 134 Å². The number of amides is 1. The van der Waals surface area contributed by atoms with Gasteiger partial charge in [-0.25, -0.2) is 0 Å². The van der Waals surface area contributed by atoms with Gasteiger partial charge in [0.2, 0.25) is 5.91 Å². The Morgan fingerprint density at radius 3 is 2.41 bits per heavy atom. The Kier molecular flexibility index (Phi) is 3.93. The quantitative estimate of drug-likeness (QED) is 0.835. The van der Waals surface area contributed by atoms with E-state index in [1.807, 2.05) is 0 Å². The van der Waals surface area contributed by atoms with Crippen molar-refractivity contribution in [2.24, 2.45) is 29.4 Å². The van der Waals surface area contributed by atoms with Gasteiger partial charge in [0, 0.05) is 37.1 Å². The number of fused-ring (bicyclic) bond motifs is 2. The predicted molar refractivity (Wildman–Crippen MR) is 87.2 cm³/mol. The highest BCUT2D eigenvalue weighted by Gasteiger charge is 2.43. The van der Waals surface area contributed by atoms with E-state index in [1.54, 1.807) is 0 Å². The van der Waals surface area contributed by atoms with Crippen molar-refractivity contribution < 1.29 is 4.79 Å². The summed E-state index contributed by atoms with van der Waals surface area (Å²) in [5.41, 5.74) is 6.35. The zero-order chi connectivity index (χ0) is 15.3. The number of likely N-dealkylation sites (tertiary alicyclic amines) is 1. The monoisotopic (exact) mass is 305 g/mol. The second kappa shape index (κ2) is 5.79. The molecule has 124 valence electrons. The van der Waals surface area contributed by atoms with Crippen molar-refractivity contribution in [3.05, 3.63) is 0 Å². The number of nitrogens with one attached hydrogen (secondary N) is 1. The van der Waals surface area contributed by atoms with E-state index >= 15 is 0 Å². The van der Waals surface area contributed by atoms with Gasteiger partial charge < -0.3 is 11.1 Å². The molecule has 4 atom stereocenters.